The van der Waals surface area contributed by atoms with E-state index in [0.29, 0.717) is 10.2 Å². The van der Waals surface area contributed by atoms with E-state index in [0.717, 1.165) is 29.5 Å². The molecule has 2 aromatic carbocycles. The van der Waals surface area contributed by atoms with Crippen LogP contribution in [0.1, 0.15) is 10.4 Å². The number of anilines is 1. The minimum atomic E-state index is -3.85. The van der Waals surface area contributed by atoms with Crippen molar-refractivity contribution in [1.29, 1.82) is 0 Å². The van der Waals surface area contributed by atoms with Crippen molar-refractivity contribution in [3.8, 4) is 0 Å². The Kier molecular flexibility index (Phi) is 4.03. The Morgan fingerprint density at radius 2 is 1.88 bits per heavy atom. The van der Waals surface area contributed by atoms with Gasteiger partial charge in [0, 0.05) is 5.56 Å². The highest BCUT2D eigenvalue weighted by atomic mass is 32.2. The van der Waals surface area contributed by atoms with Gasteiger partial charge in [0.25, 0.3) is 5.91 Å². The number of carbonyl (C=O) groups is 1. The number of carbonyl (C=O) groups excluding carboxylic acids is 1. The molecule has 1 heterocycles. The van der Waals surface area contributed by atoms with Gasteiger partial charge in [-0.25, -0.2) is 27.3 Å². The molecule has 3 rings (SSSR count). The maximum atomic E-state index is 13.2. The highest BCUT2D eigenvalue weighted by Crippen LogP contribution is 2.28. The van der Waals surface area contributed by atoms with E-state index >= 15 is 0 Å². The molecule has 1 amide bonds. The van der Waals surface area contributed by atoms with Crippen LogP contribution in [0.15, 0.2) is 41.3 Å². The lowest BCUT2D eigenvalue weighted by atomic mass is 10.2. The molecular weight excluding hydrogens is 360 g/mol. The van der Waals surface area contributed by atoms with Crippen molar-refractivity contribution >= 4 is 42.6 Å². The number of fused-ring (bicyclic) bond motifs is 1. The SMILES string of the molecule is NS(=O)(=O)c1ccc2nc(NC(=O)c3ccc(F)c(F)c3)sc2c1. The number of nitrogens with zero attached hydrogens (tertiary/aromatic N) is 1. The fourth-order valence-corrected chi connectivity index (χ4v) is 3.46. The zero-order valence-corrected chi connectivity index (χ0v) is 13.4. The summed E-state index contributed by atoms with van der Waals surface area (Å²) in [5.41, 5.74) is 0.395. The van der Waals surface area contributed by atoms with E-state index in [1.54, 1.807) is 0 Å². The standard InChI is InChI=1S/C14H9F2N3O3S2/c15-9-3-1-7(5-10(9)16)13(20)19-14-18-11-4-2-8(24(17,21)22)6-12(11)23-14/h1-6H,(H2,17,21,22)(H,18,19,20). The lowest BCUT2D eigenvalue weighted by molar-refractivity contribution is 0.102. The maximum absolute atomic E-state index is 13.2. The Balaban J connectivity index is 1.89. The van der Waals surface area contributed by atoms with E-state index in [1.807, 2.05) is 0 Å². The lowest BCUT2D eigenvalue weighted by Crippen LogP contribution is -2.12. The van der Waals surface area contributed by atoms with Gasteiger partial charge < -0.3 is 0 Å². The number of hydrogen-bond acceptors (Lipinski definition) is 5. The number of benzene rings is 2. The number of amides is 1. The Labute approximate surface area is 139 Å². The van der Waals surface area contributed by atoms with E-state index in [-0.39, 0.29) is 15.6 Å². The minimum Gasteiger partial charge on any atom is -0.298 e. The van der Waals surface area contributed by atoms with Crippen molar-refractivity contribution in [1.82, 2.24) is 4.98 Å². The first kappa shape index (κ1) is 16.4. The summed E-state index contributed by atoms with van der Waals surface area (Å²) in [7, 11) is -3.85. The molecule has 3 aromatic rings. The van der Waals surface area contributed by atoms with Crippen LogP contribution in [0.5, 0.6) is 0 Å². The van der Waals surface area contributed by atoms with E-state index < -0.39 is 27.6 Å². The molecule has 0 aliphatic rings. The molecule has 3 N–H and O–H groups in total. The molecule has 6 nitrogen and oxygen atoms in total. The summed E-state index contributed by atoms with van der Waals surface area (Å²) in [6.45, 7) is 0. The van der Waals surface area contributed by atoms with Crippen LogP contribution in [0.4, 0.5) is 13.9 Å². The van der Waals surface area contributed by atoms with E-state index in [4.69, 9.17) is 5.14 Å². The number of aromatic nitrogens is 1. The van der Waals surface area contributed by atoms with Gasteiger partial charge >= 0.3 is 0 Å². The van der Waals surface area contributed by atoms with Crippen LogP contribution in [-0.4, -0.2) is 19.3 Å². The molecule has 1 aromatic heterocycles. The summed E-state index contributed by atoms with van der Waals surface area (Å²) in [6, 6.07) is 6.87. The molecule has 10 heteroatoms. The largest absolute Gasteiger partial charge is 0.298 e. The lowest BCUT2D eigenvalue weighted by Gasteiger charge is -2.01. The number of sulfonamides is 1. The second kappa shape index (κ2) is 5.89. The first-order valence-electron chi connectivity index (χ1n) is 6.44. The third kappa shape index (κ3) is 3.25. The van der Waals surface area contributed by atoms with Crippen LogP contribution in [0.3, 0.4) is 0 Å². The molecule has 0 radical (unpaired) electrons. The normalized spacial score (nSPS) is 11.6. The third-order valence-corrected chi connectivity index (χ3v) is 4.94. The summed E-state index contributed by atoms with van der Waals surface area (Å²) in [5.74, 6) is -2.86. The summed E-state index contributed by atoms with van der Waals surface area (Å²) in [6.07, 6.45) is 0. The molecule has 124 valence electrons. The Hall–Kier alpha value is -2.43. The van der Waals surface area contributed by atoms with E-state index in [2.05, 4.69) is 10.3 Å². The van der Waals surface area contributed by atoms with E-state index in [9.17, 15) is 22.0 Å². The molecule has 0 bridgehead atoms. The zero-order valence-electron chi connectivity index (χ0n) is 11.8. The van der Waals surface area contributed by atoms with Gasteiger partial charge in [-0.15, -0.1) is 0 Å². The van der Waals surface area contributed by atoms with Crippen molar-refractivity contribution < 1.29 is 22.0 Å². The molecule has 0 fully saturated rings. The van der Waals surface area contributed by atoms with Gasteiger partial charge in [-0.2, -0.15) is 0 Å². The number of primary sulfonamides is 1. The van der Waals surface area contributed by atoms with Crippen LogP contribution in [0.2, 0.25) is 0 Å². The van der Waals surface area contributed by atoms with Crippen LogP contribution in [0, 0.1) is 11.6 Å². The molecule has 0 saturated heterocycles. The van der Waals surface area contributed by atoms with Gasteiger partial charge in [0.2, 0.25) is 10.0 Å². The summed E-state index contributed by atoms with van der Waals surface area (Å²) in [4.78, 5) is 16.1. The van der Waals surface area contributed by atoms with Gasteiger partial charge in [-0.3, -0.25) is 10.1 Å². The van der Waals surface area contributed by atoms with Gasteiger partial charge in [0.1, 0.15) is 0 Å². The van der Waals surface area contributed by atoms with Gasteiger partial charge in [-0.05, 0) is 36.4 Å². The number of thiazole rings is 1. The Bertz CT molecular complexity index is 1060. The average molecular weight is 369 g/mol. The van der Waals surface area contributed by atoms with Crippen molar-refractivity contribution in [2.45, 2.75) is 4.90 Å². The molecule has 0 atom stereocenters. The number of nitrogens with one attached hydrogen (secondary N) is 1. The van der Waals surface area contributed by atoms with Crippen molar-refractivity contribution in [2.75, 3.05) is 5.32 Å². The average Bonchev–Trinajstić information content (AvgIpc) is 2.90. The summed E-state index contributed by atoms with van der Waals surface area (Å²) < 4.78 is 49.2. The molecule has 0 unspecified atom stereocenters. The molecule has 0 spiro atoms. The quantitative estimate of drug-likeness (QED) is 0.740. The molecular formula is C14H9F2N3O3S2. The number of halogens is 2. The highest BCUT2D eigenvalue weighted by Gasteiger charge is 2.14. The molecule has 0 aliphatic carbocycles. The number of hydrogen-bond donors (Lipinski definition) is 2. The van der Waals surface area contributed by atoms with Gasteiger partial charge in [0.15, 0.2) is 16.8 Å². The first-order valence-corrected chi connectivity index (χ1v) is 8.80. The van der Waals surface area contributed by atoms with Crippen LogP contribution in [-0.2, 0) is 10.0 Å². The van der Waals surface area contributed by atoms with Gasteiger partial charge in [-0.1, -0.05) is 11.3 Å². The molecule has 0 saturated carbocycles. The number of rotatable bonds is 3. The topological polar surface area (TPSA) is 102 Å². The summed E-state index contributed by atoms with van der Waals surface area (Å²) >= 11 is 1.03. The second-order valence-corrected chi connectivity index (χ2v) is 7.37. The Morgan fingerprint density at radius 3 is 2.54 bits per heavy atom. The predicted octanol–water partition coefficient (Wildman–Crippen LogP) is 2.47. The minimum absolute atomic E-state index is 0.0709. The fraction of sp³-hybridized carbons (Fsp3) is 0. The monoisotopic (exact) mass is 369 g/mol. The fourth-order valence-electron chi connectivity index (χ4n) is 1.94. The number of nitrogens with two attached hydrogens (primary N) is 1. The molecule has 24 heavy (non-hydrogen) atoms. The van der Waals surface area contributed by atoms with Crippen LogP contribution in [0.25, 0.3) is 10.2 Å². The highest BCUT2D eigenvalue weighted by molar-refractivity contribution is 7.89. The zero-order chi connectivity index (χ0) is 17.5. The van der Waals surface area contributed by atoms with Crippen molar-refractivity contribution in [3.63, 3.8) is 0 Å². The Morgan fingerprint density at radius 1 is 1.12 bits per heavy atom. The summed E-state index contributed by atoms with van der Waals surface area (Å²) in [5, 5.41) is 7.70. The van der Waals surface area contributed by atoms with Crippen molar-refractivity contribution in [2.24, 2.45) is 5.14 Å². The third-order valence-electron chi connectivity index (χ3n) is 3.09. The predicted molar refractivity (Wildman–Crippen MR) is 85.3 cm³/mol. The van der Waals surface area contributed by atoms with Crippen molar-refractivity contribution in [3.05, 3.63) is 53.6 Å². The van der Waals surface area contributed by atoms with Crippen LogP contribution < -0.4 is 10.5 Å². The smallest absolute Gasteiger partial charge is 0.257 e. The van der Waals surface area contributed by atoms with E-state index in [1.165, 1.54) is 18.2 Å². The first-order chi connectivity index (χ1) is 11.2. The van der Waals surface area contributed by atoms with Gasteiger partial charge in [0.05, 0.1) is 15.1 Å². The second-order valence-electron chi connectivity index (χ2n) is 4.78. The molecule has 0 aliphatic heterocycles. The maximum Gasteiger partial charge on any atom is 0.257 e. The van der Waals surface area contributed by atoms with Crippen LogP contribution >= 0.6 is 11.3 Å².